The summed E-state index contributed by atoms with van der Waals surface area (Å²) in [4.78, 5) is 23.6. The normalized spacial score (nSPS) is 10.0. The molecule has 0 aromatic heterocycles. The summed E-state index contributed by atoms with van der Waals surface area (Å²) in [6, 6.07) is 12.4. The molecule has 0 heterocycles. The van der Waals surface area contributed by atoms with E-state index in [1.165, 1.54) is 0 Å². The average Bonchev–Trinajstić information content (AvgIpc) is 2.55. The zero-order chi connectivity index (χ0) is 16.8. The fourth-order valence-electron chi connectivity index (χ4n) is 1.75. The molecule has 7 heteroatoms. The number of nitrogens with one attached hydrogen (secondary N) is 2. The third kappa shape index (κ3) is 5.21. The van der Waals surface area contributed by atoms with Crippen LogP contribution in [0.5, 0.6) is 5.75 Å². The van der Waals surface area contributed by atoms with Crippen LogP contribution >= 0.6 is 38.5 Å². The highest BCUT2D eigenvalue weighted by molar-refractivity contribution is 14.1. The number of halogens is 2. The van der Waals surface area contributed by atoms with Crippen molar-refractivity contribution in [2.45, 2.75) is 0 Å². The number of carbonyl (C=O) groups is 2. The van der Waals surface area contributed by atoms with E-state index >= 15 is 0 Å². The Bertz CT molecular complexity index is 737. The Morgan fingerprint density at radius 1 is 1.22 bits per heavy atom. The van der Waals surface area contributed by atoms with Crippen molar-refractivity contribution in [3.05, 3.63) is 56.1 Å². The summed E-state index contributed by atoms with van der Waals surface area (Å²) in [6.07, 6.45) is 0. The monoisotopic (exact) mass is 488 g/mol. The van der Waals surface area contributed by atoms with Crippen LogP contribution in [0.2, 0.25) is 0 Å². The summed E-state index contributed by atoms with van der Waals surface area (Å²) >= 11 is 5.48. The molecule has 2 rings (SSSR count). The van der Waals surface area contributed by atoms with Gasteiger partial charge in [0.1, 0.15) is 5.75 Å². The first-order chi connectivity index (χ1) is 11.0. The molecule has 0 unspecified atom stereocenters. The number of rotatable bonds is 5. The maximum atomic E-state index is 12.4. The lowest BCUT2D eigenvalue weighted by Crippen LogP contribution is -2.24. The molecule has 0 aliphatic carbocycles. The quantitative estimate of drug-likeness (QED) is 0.633. The number of hydrogen-bond donors (Lipinski definition) is 2. The van der Waals surface area contributed by atoms with Crippen molar-refractivity contribution in [1.29, 1.82) is 0 Å². The first kappa shape index (κ1) is 17.7. The number of benzene rings is 2. The van der Waals surface area contributed by atoms with Gasteiger partial charge in [0.25, 0.3) is 11.8 Å². The molecule has 0 aliphatic heterocycles. The standard InChI is InChI=1S/C16H14BrIN2O3/c1-19-15(21)9-23-12-4-2-3-11(8-12)20-16(22)13-7-10(17)5-6-14(13)18/h2-8H,9H2,1H3,(H,19,21)(H,20,22). The smallest absolute Gasteiger partial charge is 0.257 e. The maximum Gasteiger partial charge on any atom is 0.257 e. The van der Waals surface area contributed by atoms with Gasteiger partial charge < -0.3 is 15.4 Å². The van der Waals surface area contributed by atoms with Gasteiger partial charge >= 0.3 is 0 Å². The van der Waals surface area contributed by atoms with Gasteiger partial charge in [-0.15, -0.1) is 0 Å². The third-order valence-electron chi connectivity index (χ3n) is 2.91. The van der Waals surface area contributed by atoms with Crippen molar-refractivity contribution < 1.29 is 14.3 Å². The maximum absolute atomic E-state index is 12.4. The number of hydrogen-bond acceptors (Lipinski definition) is 3. The Morgan fingerprint density at radius 2 is 2.00 bits per heavy atom. The van der Waals surface area contributed by atoms with E-state index in [0.29, 0.717) is 17.0 Å². The lowest BCUT2D eigenvalue weighted by molar-refractivity contribution is -0.122. The Labute approximate surface area is 156 Å². The summed E-state index contributed by atoms with van der Waals surface area (Å²) in [7, 11) is 1.54. The van der Waals surface area contributed by atoms with Gasteiger partial charge in [-0.1, -0.05) is 22.0 Å². The Hall–Kier alpha value is -1.61. The topological polar surface area (TPSA) is 67.4 Å². The number of anilines is 1. The van der Waals surface area contributed by atoms with Gasteiger partial charge in [0, 0.05) is 26.8 Å². The molecule has 5 nitrogen and oxygen atoms in total. The zero-order valence-corrected chi connectivity index (χ0v) is 16.0. The van der Waals surface area contributed by atoms with Crippen LogP contribution in [0.3, 0.4) is 0 Å². The SMILES string of the molecule is CNC(=O)COc1cccc(NC(=O)c2cc(Br)ccc2I)c1. The van der Waals surface area contributed by atoms with Crippen LogP contribution in [0.15, 0.2) is 46.9 Å². The molecule has 120 valence electrons. The van der Waals surface area contributed by atoms with Crippen molar-refractivity contribution in [1.82, 2.24) is 5.32 Å². The van der Waals surface area contributed by atoms with E-state index in [1.54, 1.807) is 37.4 Å². The average molecular weight is 489 g/mol. The van der Waals surface area contributed by atoms with Crippen molar-refractivity contribution in [3.63, 3.8) is 0 Å². The van der Waals surface area contributed by atoms with Crippen LogP contribution in [0, 0.1) is 3.57 Å². The minimum absolute atomic E-state index is 0.0720. The number of likely N-dealkylation sites (N-methyl/N-ethyl adjacent to an activating group) is 1. The molecule has 2 aromatic carbocycles. The van der Waals surface area contributed by atoms with Crippen LogP contribution < -0.4 is 15.4 Å². The molecular formula is C16H14BrIN2O3. The Balaban J connectivity index is 2.09. The largest absolute Gasteiger partial charge is 0.484 e. The van der Waals surface area contributed by atoms with E-state index in [1.807, 2.05) is 12.1 Å². The van der Waals surface area contributed by atoms with Gasteiger partial charge in [-0.05, 0) is 52.9 Å². The predicted octanol–water partition coefficient (Wildman–Crippen LogP) is 3.43. The lowest BCUT2D eigenvalue weighted by atomic mass is 10.2. The minimum atomic E-state index is -0.219. The molecule has 0 atom stereocenters. The van der Waals surface area contributed by atoms with Gasteiger partial charge in [0.2, 0.25) is 0 Å². The molecule has 0 saturated heterocycles. The first-order valence-electron chi connectivity index (χ1n) is 6.69. The van der Waals surface area contributed by atoms with Gasteiger partial charge in [0.15, 0.2) is 6.61 Å². The summed E-state index contributed by atoms with van der Waals surface area (Å²) in [5, 5.41) is 5.30. The van der Waals surface area contributed by atoms with Crippen LogP contribution in [-0.4, -0.2) is 25.5 Å². The van der Waals surface area contributed by atoms with E-state index in [2.05, 4.69) is 49.2 Å². The Kier molecular flexibility index (Phi) is 6.40. The number of carbonyl (C=O) groups excluding carboxylic acids is 2. The molecule has 2 N–H and O–H groups in total. The van der Waals surface area contributed by atoms with Crippen LogP contribution in [0.25, 0.3) is 0 Å². The third-order valence-corrected chi connectivity index (χ3v) is 4.35. The molecule has 0 aliphatic rings. The molecule has 0 bridgehead atoms. The highest BCUT2D eigenvalue weighted by Crippen LogP contribution is 2.21. The number of ether oxygens (including phenoxy) is 1. The van der Waals surface area contributed by atoms with Crippen molar-refractivity contribution >= 4 is 56.0 Å². The van der Waals surface area contributed by atoms with Gasteiger partial charge in [-0.2, -0.15) is 0 Å². The van der Waals surface area contributed by atoms with Crippen LogP contribution in [-0.2, 0) is 4.79 Å². The van der Waals surface area contributed by atoms with Crippen molar-refractivity contribution in [2.75, 3.05) is 19.0 Å². The summed E-state index contributed by atoms with van der Waals surface area (Å²) < 4.78 is 7.05. The number of amides is 2. The van der Waals surface area contributed by atoms with Gasteiger partial charge in [-0.3, -0.25) is 9.59 Å². The second-order valence-electron chi connectivity index (χ2n) is 4.57. The first-order valence-corrected chi connectivity index (χ1v) is 8.56. The predicted molar refractivity (Wildman–Crippen MR) is 101 cm³/mol. The molecule has 23 heavy (non-hydrogen) atoms. The summed E-state index contributed by atoms with van der Waals surface area (Å²) in [5.74, 6) is 0.0811. The van der Waals surface area contributed by atoms with Crippen LogP contribution in [0.4, 0.5) is 5.69 Å². The molecule has 0 saturated carbocycles. The lowest BCUT2D eigenvalue weighted by Gasteiger charge is -2.10. The second kappa shape index (κ2) is 8.30. The molecule has 0 radical (unpaired) electrons. The van der Waals surface area contributed by atoms with Gasteiger partial charge in [0.05, 0.1) is 5.56 Å². The van der Waals surface area contributed by atoms with Crippen molar-refractivity contribution in [3.8, 4) is 5.75 Å². The molecule has 2 aromatic rings. The molecule has 2 amide bonds. The molecule has 0 fully saturated rings. The van der Waals surface area contributed by atoms with E-state index in [9.17, 15) is 9.59 Å². The van der Waals surface area contributed by atoms with E-state index < -0.39 is 0 Å². The van der Waals surface area contributed by atoms with Crippen molar-refractivity contribution in [2.24, 2.45) is 0 Å². The van der Waals surface area contributed by atoms with E-state index in [4.69, 9.17) is 4.74 Å². The fourth-order valence-corrected chi connectivity index (χ4v) is 2.70. The summed E-state index contributed by atoms with van der Waals surface area (Å²) in [6.45, 7) is -0.0720. The summed E-state index contributed by atoms with van der Waals surface area (Å²) in [5.41, 5.74) is 1.18. The molecule has 0 spiro atoms. The highest BCUT2D eigenvalue weighted by Gasteiger charge is 2.11. The second-order valence-corrected chi connectivity index (χ2v) is 6.65. The Morgan fingerprint density at radius 3 is 2.74 bits per heavy atom. The highest BCUT2D eigenvalue weighted by atomic mass is 127. The minimum Gasteiger partial charge on any atom is -0.484 e. The van der Waals surface area contributed by atoms with Gasteiger partial charge in [-0.25, -0.2) is 0 Å². The van der Waals surface area contributed by atoms with E-state index in [0.717, 1.165) is 8.04 Å². The van der Waals surface area contributed by atoms with E-state index in [-0.39, 0.29) is 18.4 Å². The van der Waals surface area contributed by atoms with Crippen LogP contribution in [0.1, 0.15) is 10.4 Å². The fraction of sp³-hybridized carbons (Fsp3) is 0.125. The zero-order valence-electron chi connectivity index (χ0n) is 12.2. The molecular weight excluding hydrogens is 475 g/mol.